The zero-order valence-corrected chi connectivity index (χ0v) is 31.5. The summed E-state index contributed by atoms with van der Waals surface area (Å²) < 4.78 is 40.7. The molecular formula is C41H61NO6S. The Hall–Kier alpha value is -2.13. The molecule has 2 aromatic rings. The van der Waals surface area contributed by atoms with E-state index in [1.54, 1.807) is 18.5 Å². The van der Waals surface area contributed by atoms with E-state index in [-0.39, 0.29) is 40.6 Å². The van der Waals surface area contributed by atoms with E-state index in [4.69, 9.17) is 9.47 Å². The Bertz CT molecular complexity index is 1460. The molecule has 0 aromatic heterocycles. The summed E-state index contributed by atoms with van der Waals surface area (Å²) in [6, 6.07) is 15.3. The molecule has 4 fully saturated rings. The molecule has 0 amide bonds. The minimum atomic E-state index is -3.58. The molecule has 0 spiro atoms. The van der Waals surface area contributed by atoms with Crippen molar-refractivity contribution in [3.05, 3.63) is 59.7 Å². The molecular weight excluding hydrogens is 635 g/mol. The number of hydrogen-bond acceptors (Lipinski definition) is 6. The molecule has 49 heavy (non-hydrogen) atoms. The molecule has 4 saturated carbocycles. The van der Waals surface area contributed by atoms with Gasteiger partial charge in [-0.1, -0.05) is 58.4 Å². The molecule has 0 bridgehead atoms. The van der Waals surface area contributed by atoms with Crippen LogP contribution < -0.4 is 9.47 Å². The topological polar surface area (TPSA) is 96.3 Å². The summed E-state index contributed by atoms with van der Waals surface area (Å²) in [6.45, 7) is 10.1. The minimum Gasteiger partial charge on any atom is -0.497 e. The first kappa shape index (κ1) is 36.7. The lowest BCUT2D eigenvalue weighted by molar-refractivity contribution is -0.203. The highest BCUT2D eigenvalue weighted by Crippen LogP contribution is 2.69. The first-order chi connectivity index (χ1) is 23.3. The zero-order valence-electron chi connectivity index (χ0n) is 30.7. The number of fused-ring (bicyclic) bond motifs is 5. The van der Waals surface area contributed by atoms with E-state index in [0.29, 0.717) is 49.1 Å². The van der Waals surface area contributed by atoms with Crippen molar-refractivity contribution in [1.82, 2.24) is 4.31 Å². The fraction of sp³-hybridized carbons (Fsp3) is 0.707. The fourth-order valence-corrected chi connectivity index (χ4v) is 13.3. The number of benzene rings is 2. The molecule has 11 atom stereocenters. The van der Waals surface area contributed by atoms with Gasteiger partial charge in [-0.25, -0.2) is 8.42 Å². The van der Waals surface area contributed by atoms with Crippen LogP contribution in [0.3, 0.4) is 0 Å². The van der Waals surface area contributed by atoms with Gasteiger partial charge in [0.1, 0.15) is 11.5 Å². The van der Waals surface area contributed by atoms with Gasteiger partial charge in [0, 0.05) is 13.1 Å². The second kappa shape index (κ2) is 14.5. The van der Waals surface area contributed by atoms with Crippen molar-refractivity contribution >= 4 is 10.0 Å². The molecule has 0 heterocycles. The fourth-order valence-electron chi connectivity index (χ4n) is 11.7. The van der Waals surface area contributed by atoms with Crippen LogP contribution in [0.5, 0.6) is 11.5 Å². The number of sulfonamides is 1. The summed E-state index contributed by atoms with van der Waals surface area (Å²) in [5, 5.41) is 22.7. The summed E-state index contributed by atoms with van der Waals surface area (Å²) in [6.07, 6.45) is 8.32. The average molecular weight is 696 g/mol. The van der Waals surface area contributed by atoms with Gasteiger partial charge in [-0.3, -0.25) is 0 Å². The molecule has 5 unspecified atom stereocenters. The summed E-state index contributed by atoms with van der Waals surface area (Å²) in [4.78, 5) is 0. The molecule has 2 aromatic carbocycles. The number of methoxy groups -OCH3 is 2. The highest BCUT2D eigenvalue weighted by Gasteiger charge is 2.64. The molecule has 0 aliphatic heterocycles. The lowest BCUT2D eigenvalue weighted by Crippen LogP contribution is -2.62. The van der Waals surface area contributed by atoms with E-state index in [1.807, 2.05) is 48.5 Å². The van der Waals surface area contributed by atoms with Crippen LogP contribution in [0.1, 0.15) is 96.6 Å². The molecule has 7 nitrogen and oxygen atoms in total. The van der Waals surface area contributed by atoms with Gasteiger partial charge in [0.2, 0.25) is 10.0 Å². The SMILES string of the molecule is CC[C@@H]1C2C[C@H](O)CC[C@]2(C)C2CC[C@@]3(C)C(CCC3[C@H](C)CCS(=O)(=O)N(Cc3ccc(OC)cc3)Cc3ccc(OC)cc3)C2[C@@H]1O. The number of nitrogens with zero attached hydrogens (tertiary/aromatic N) is 1. The lowest BCUT2D eigenvalue weighted by atomic mass is 9.41. The first-order valence-electron chi connectivity index (χ1n) is 18.9. The van der Waals surface area contributed by atoms with Crippen molar-refractivity contribution in [2.45, 2.75) is 111 Å². The minimum absolute atomic E-state index is 0.104. The number of aliphatic hydroxyl groups is 2. The number of ether oxygens (including phenoxy) is 2. The van der Waals surface area contributed by atoms with Gasteiger partial charge in [0.25, 0.3) is 0 Å². The number of rotatable bonds is 12. The molecule has 8 heteroatoms. The van der Waals surface area contributed by atoms with Crippen molar-refractivity contribution in [1.29, 1.82) is 0 Å². The van der Waals surface area contributed by atoms with E-state index in [9.17, 15) is 18.6 Å². The molecule has 4 aliphatic carbocycles. The maximum absolute atomic E-state index is 14.2. The van der Waals surface area contributed by atoms with Gasteiger partial charge in [-0.05, 0) is 139 Å². The van der Waals surface area contributed by atoms with Crippen LogP contribution in [0.2, 0.25) is 0 Å². The van der Waals surface area contributed by atoms with E-state index in [1.165, 1.54) is 0 Å². The van der Waals surface area contributed by atoms with Crippen LogP contribution >= 0.6 is 0 Å². The average Bonchev–Trinajstić information content (AvgIpc) is 3.45. The Morgan fingerprint density at radius 1 is 0.816 bits per heavy atom. The molecule has 272 valence electrons. The van der Waals surface area contributed by atoms with Crippen molar-refractivity contribution in [3.63, 3.8) is 0 Å². The highest BCUT2D eigenvalue weighted by atomic mass is 32.2. The molecule has 2 N–H and O–H groups in total. The summed E-state index contributed by atoms with van der Waals surface area (Å²) in [5.41, 5.74) is 2.13. The first-order valence-corrected chi connectivity index (χ1v) is 20.5. The van der Waals surface area contributed by atoms with Crippen LogP contribution in [0, 0.1) is 52.3 Å². The van der Waals surface area contributed by atoms with E-state index < -0.39 is 10.0 Å². The third-order valence-corrected chi connectivity index (χ3v) is 16.2. The number of aliphatic hydroxyl groups excluding tert-OH is 2. The van der Waals surface area contributed by atoms with Gasteiger partial charge in [0.15, 0.2) is 0 Å². The monoisotopic (exact) mass is 695 g/mol. The predicted octanol–water partition coefficient (Wildman–Crippen LogP) is 7.69. The van der Waals surface area contributed by atoms with Crippen LogP contribution in [-0.2, 0) is 23.1 Å². The maximum Gasteiger partial charge on any atom is 0.214 e. The largest absolute Gasteiger partial charge is 0.497 e. The van der Waals surface area contributed by atoms with Crippen molar-refractivity contribution in [2.24, 2.45) is 52.3 Å². The van der Waals surface area contributed by atoms with Gasteiger partial charge >= 0.3 is 0 Å². The summed E-state index contributed by atoms with van der Waals surface area (Å²) >= 11 is 0. The van der Waals surface area contributed by atoms with E-state index in [2.05, 4.69) is 27.7 Å². The third-order valence-electron chi connectivity index (χ3n) is 14.4. The molecule has 6 rings (SSSR count). The normalized spacial score (nSPS) is 36.4. The Morgan fingerprint density at radius 3 is 1.92 bits per heavy atom. The Labute approximate surface area is 295 Å². The molecule has 0 radical (unpaired) electrons. The summed E-state index contributed by atoms with van der Waals surface area (Å²) in [5.74, 6) is 4.21. The van der Waals surface area contributed by atoms with Gasteiger partial charge in [-0.15, -0.1) is 0 Å². The zero-order chi connectivity index (χ0) is 35.1. The van der Waals surface area contributed by atoms with Gasteiger partial charge < -0.3 is 19.7 Å². The van der Waals surface area contributed by atoms with Crippen LogP contribution in [-0.4, -0.2) is 55.1 Å². The second-order valence-electron chi connectivity index (χ2n) is 16.7. The van der Waals surface area contributed by atoms with Crippen LogP contribution in [0.4, 0.5) is 0 Å². The van der Waals surface area contributed by atoms with Gasteiger partial charge in [-0.2, -0.15) is 4.31 Å². The van der Waals surface area contributed by atoms with Crippen molar-refractivity contribution < 1.29 is 28.1 Å². The second-order valence-corrected chi connectivity index (χ2v) is 18.8. The van der Waals surface area contributed by atoms with Crippen LogP contribution in [0.15, 0.2) is 48.5 Å². The lowest BCUT2D eigenvalue weighted by Gasteiger charge is -2.64. The Kier molecular flexibility index (Phi) is 10.8. The predicted molar refractivity (Wildman–Crippen MR) is 195 cm³/mol. The van der Waals surface area contributed by atoms with Gasteiger partial charge in [0.05, 0.1) is 32.2 Å². The summed E-state index contributed by atoms with van der Waals surface area (Å²) in [7, 11) is -0.314. The van der Waals surface area contributed by atoms with E-state index >= 15 is 0 Å². The van der Waals surface area contributed by atoms with Crippen molar-refractivity contribution in [2.75, 3.05) is 20.0 Å². The van der Waals surface area contributed by atoms with Crippen molar-refractivity contribution in [3.8, 4) is 11.5 Å². The molecule has 4 aliphatic rings. The maximum atomic E-state index is 14.2. The smallest absolute Gasteiger partial charge is 0.214 e. The highest BCUT2D eigenvalue weighted by molar-refractivity contribution is 7.89. The molecule has 0 saturated heterocycles. The third kappa shape index (κ3) is 6.93. The Balaban J connectivity index is 1.18. The quantitative estimate of drug-likeness (QED) is 0.237. The van der Waals surface area contributed by atoms with E-state index in [0.717, 1.165) is 74.0 Å². The number of hydrogen-bond donors (Lipinski definition) is 2. The van der Waals surface area contributed by atoms with Crippen LogP contribution in [0.25, 0.3) is 0 Å². The standard InChI is InChI=1S/C41H61NO6S/c1-7-33-37-24-30(43)18-21-41(37,4)36-19-22-40(3)34(16-17-35(40)38(36)39(33)44)27(2)20-23-49(45,46)42(25-28-8-12-31(47-5)13-9-28)26-29-10-14-32(48-6)15-11-29/h8-15,27,30,33-39,43-44H,7,16-26H2,1-6H3/t27-,30-,33-,34?,35?,36?,37?,38?,39-,40-,41-/m1/s1. The Morgan fingerprint density at radius 2 is 1.37 bits per heavy atom.